The summed E-state index contributed by atoms with van der Waals surface area (Å²) in [4.78, 5) is 10.3. The van der Waals surface area contributed by atoms with Crippen LogP contribution in [-0.2, 0) is 4.79 Å². The van der Waals surface area contributed by atoms with E-state index >= 15 is 0 Å². The molecule has 1 aromatic carbocycles. The molecule has 0 aliphatic carbocycles. The van der Waals surface area contributed by atoms with Crippen LogP contribution >= 0.6 is 11.8 Å². The maximum atomic E-state index is 10.3. The minimum Gasteiger partial charge on any atom is -0.508 e. The van der Waals surface area contributed by atoms with Crippen LogP contribution in [0.5, 0.6) is 5.75 Å². The number of phenolic OH excluding ortho intramolecular Hbond substituents is 1. The van der Waals surface area contributed by atoms with Crippen molar-refractivity contribution in [2.45, 2.75) is 5.16 Å². The monoisotopic (exact) mass is 278 g/mol. The molecule has 2 aromatic rings. The average Bonchev–Trinajstić information content (AvgIpc) is 2.84. The second-order valence-electron chi connectivity index (χ2n) is 3.44. The fourth-order valence-corrected chi connectivity index (χ4v) is 2.00. The number of carboxylic acids is 1. The fourth-order valence-electron chi connectivity index (χ4n) is 1.30. The van der Waals surface area contributed by atoms with Gasteiger partial charge < -0.3 is 10.2 Å². The van der Waals surface area contributed by atoms with E-state index in [1.165, 1.54) is 34.7 Å². The Hall–Kier alpha value is -2.35. The van der Waals surface area contributed by atoms with Gasteiger partial charge in [0, 0.05) is 11.8 Å². The van der Waals surface area contributed by atoms with Gasteiger partial charge in [0.15, 0.2) is 0 Å². The van der Waals surface area contributed by atoms with E-state index in [9.17, 15) is 9.90 Å². The number of nitrogens with zero attached hydrogens (tertiary/aromatic N) is 4. The summed E-state index contributed by atoms with van der Waals surface area (Å²) in [6, 6.07) is 6.44. The Bertz CT molecular complexity index is 594. The summed E-state index contributed by atoms with van der Waals surface area (Å²) in [5.41, 5.74) is 0.715. The van der Waals surface area contributed by atoms with Crippen molar-refractivity contribution >= 4 is 17.7 Å². The first kappa shape index (κ1) is 13.1. The van der Waals surface area contributed by atoms with Crippen LogP contribution < -0.4 is 0 Å². The lowest BCUT2D eigenvalue weighted by Crippen LogP contribution is -1.98. The van der Waals surface area contributed by atoms with Crippen molar-refractivity contribution in [1.29, 1.82) is 0 Å². The molecule has 0 bridgehead atoms. The van der Waals surface area contributed by atoms with Crippen LogP contribution in [0, 0.1) is 0 Å². The maximum absolute atomic E-state index is 10.3. The van der Waals surface area contributed by atoms with E-state index in [0.29, 0.717) is 16.6 Å². The summed E-state index contributed by atoms with van der Waals surface area (Å²) in [6.07, 6.45) is 2.59. The van der Waals surface area contributed by atoms with Gasteiger partial charge >= 0.3 is 5.97 Å². The molecule has 0 spiro atoms. The molecule has 0 saturated heterocycles. The third-order valence-electron chi connectivity index (χ3n) is 2.10. The molecule has 0 atom stereocenters. The summed E-state index contributed by atoms with van der Waals surface area (Å²) in [5.74, 6) is -0.376. The third-order valence-corrected chi connectivity index (χ3v) is 2.98. The number of thioether (sulfide) groups is 1. The number of carbonyl (C=O) groups is 1. The van der Waals surface area contributed by atoms with Crippen LogP contribution in [0.15, 0.2) is 41.6 Å². The third kappa shape index (κ3) is 3.55. The normalized spacial score (nSPS) is 10.9. The zero-order chi connectivity index (χ0) is 13.7. The molecule has 8 heteroatoms. The Morgan fingerprint density at radius 1 is 1.37 bits per heavy atom. The zero-order valence-electron chi connectivity index (χ0n) is 9.67. The number of aromatic hydroxyl groups is 1. The number of rotatable bonds is 5. The summed E-state index contributed by atoms with van der Waals surface area (Å²) in [6.45, 7) is 0. The first-order valence-corrected chi connectivity index (χ1v) is 6.25. The summed E-state index contributed by atoms with van der Waals surface area (Å²) >= 11 is 1.31. The molecular weight excluding hydrogens is 268 g/mol. The van der Waals surface area contributed by atoms with Crippen molar-refractivity contribution < 1.29 is 15.0 Å². The fraction of sp³-hybridized carbons (Fsp3) is 0.0909. The molecule has 7 nitrogen and oxygen atoms in total. The quantitative estimate of drug-likeness (QED) is 0.623. The minimum absolute atomic E-state index is 0.162. The summed E-state index contributed by atoms with van der Waals surface area (Å²) in [7, 11) is 0. The first-order chi connectivity index (χ1) is 9.16. The second kappa shape index (κ2) is 6.01. The Morgan fingerprint density at radius 2 is 2.11 bits per heavy atom. The highest BCUT2D eigenvalue weighted by Crippen LogP contribution is 2.19. The van der Waals surface area contributed by atoms with Gasteiger partial charge in [-0.3, -0.25) is 0 Å². The van der Waals surface area contributed by atoms with E-state index in [1.807, 2.05) is 0 Å². The minimum atomic E-state index is -0.987. The van der Waals surface area contributed by atoms with Gasteiger partial charge in [0.1, 0.15) is 5.75 Å². The Kier molecular flexibility index (Phi) is 4.14. The van der Waals surface area contributed by atoms with Gasteiger partial charge in [0.05, 0.1) is 5.69 Å². The molecule has 0 radical (unpaired) electrons. The van der Waals surface area contributed by atoms with Crippen LogP contribution in [0.3, 0.4) is 0 Å². The second-order valence-corrected chi connectivity index (χ2v) is 4.43. The number of phenols is 1. The van der Waals surface area contributed by atoms with Gasteiger partial charge in [-0.15, -0.1) is 5.10 Å². The van der Waals surface area contributed by atoms with Crippen LogP contribution in [0.1, 0.15) is 0 Å². The molecule has 2 N–H and O–H groups in total. The standard InChI is InChI=1S/C11H10N4O3S/c16-9-5-3-8(4-6-9)15-11(12-13-14-15)19-7-1-2-10(17)18/h1-6,16H,7H2,(H,17,18)/b2-1+. The van der Waals surface area contributed by atoms with Crippen LogP contribution in [0.2, 0.25) is 0 Å². The van der Waals surface area contributed by atoms with Crippen LogP contribution in [-0.4, -0.2) is 42.1 Å². The highest BCUT2D eigenvalue weighted by atomic mass is 32.2. The largest absolute Gasteiger partial charge is 0.508 e. The number of aliphatic carboxylic acids is 1. The predicted octanol–water partition coefficient (Wildman–Crippen LogP) is 1.10. The molecule has 19 heavy (non-hydrogen) atoms. The number of benzene rings is 1. The van der Waals surface area contributed by atoms with E-state index in [4.69, 9.17) is 5.11 Å². The Morgan fingerprint density at radius 3 is 2.79 bits per heavy atom. The SMILES string of the molecule is O=C(O)/C=C/CSc1nnnn1-c1ccc(O)cc1. The number of tetrazole rings is 1. The molecule has 0 amide bonds. The van der Waals surface area contributed by atoms with E-state index in [1.54, 1.807) is 12.1 Å². The van der Waals surface area contributed by atoms with Gasteiger partial charge in [-0.2, -0.15) is 4.68 Å². The molecule has 2 rings (SSSR count). The Balaban J connectivity index is 2.09. The molecule has 1 heterocycles. The molecule has 0 saturated carbocycles. The zero-order valence-corrected chi connectivity index (χ0v) is 10.5. The van der Waals surface area contributed by atoms with E-state index < -0.39 is 5.97 Å². The number of aromatic nitrogens is 4. The van der Waals surface area contributed by atoms with Gasteiger partial charge in [0.2, 0.25) is 5.16 Å². The molecule has 1 aromatic heterocycles. The first-order valence-electron chi connectivity index (χ1n) is 5.27. The number of carboxylic acid groups (broad SMARTS) is 1. The highest BCUT2D eigenvalue weighted by molar-refractivity contribution is 7.99. The lowest BCUT2D eigenvalue weighted by molar-refractivity contribution is -0.131. The van der Waals surface area contributed by atoms with Gasteiger partial charge in [-0.1, -0.05) is 17.8 Å². The predicted molar refractivity (Wildman–Crippen MR) is 68.3 cm³/mol. The van der Waals surface area contributed by atoms with Crippen molar-refractivity contribution in [2.75, 3.05) is 5.75 Å². The van der Waals surface area contributed by atoms with Crippen LogP contribution in [0.4, 0.5) is 0 Å². The van der Waals surface area contributed by atoms with Gasteiger partial charge in [0.25, 0.3) is 0 Å². The molecular formula is C11H10N4O3S. The maximum Gasteiger partial charge on any atom is 0.328 e. The van der Waals surface area contributed by atoms with Crippen molar-refractivity contribution in [1.82, 2.24) is 20.2 Å². The van der Waals surface area contributed by atoms with Gasteiger partial charge in [-0.25, -0.2) is 4.79 Å². The molecule has 0 fully saturated rings. The van der Waals surface area contributed by atoms with Crippen molar-refractivity contribution in [2.24, 2.45) is 0 Å². The molecule has 0 aliphatic rings. The molecule has 0 aliphatic heterocycles. The summed E-state index contributed by atoms with van der Waals surface area (Å²) in [5, 5.41) is 29.5. The Labute approximate surface area is 112 Å². The molecule has 98 valence electrons. The highest BCUT2D eigenvalue weighted by Gasteiger charge is 2.07. The number of hydrogen-bond acceptors (Lipinski definition) is 6. The lowest BCUT2D eigenvalue weighted by Gasteiger charge is -2.02. The smallest absolute Gasteiger partial charge is 0.328 e. The topological polar surface area (TPSA) is 101 Å². The van der Waals surface area contributed by atoms with Gasteiger partial charge in [-0.05, 0) is 34.7 Å². The molecule has 0 unspecified atom stereocenters. The van der Waals surface area contributed by atoms with E-state index in [-0.39, 0.29) is 5.75 Å². The van der Waals surface area contributed by atoms with Crippen molar-refractivity contribution in [3.8, 4) is 11.4 Å². The number of hydrogen-bond donors (Lipinski definition) is 2. The average molecular weight is 278 g/mol. The lowest BCUT2D eigenvalue weighted by atomic mass is 10.3. The summed E-state index contributed by atoms with van der Waals surface area (Å²) < 4.78 is 1.51. The van der Waals surface area contributed by atoms with Crippen molar-refractivity contribution in [3.63, 3.8) is 0 Å². The van der Waals surface area contributed by atoms with E-state index in [2.05, 4.69) is 15.5 Å². The van der Waals surface area contributed by atoms with Crippen LogP contribution in [0.25, 0.3) is 5.69 Å². The van der Waals surface area contributed by atoms with E-state index in [0.717, 1.165) is 6.08 Å². The van der Waals surface area contributed by atoms with Crippen molar-refractivity contribution in [3.05, 3.63) is 36.4 Å².